The molecule has 0 bridgehead atoms. The number of carbonyl (C=O) groups is 1. The minimum absolute atomic E-state index is 0.189. The molecule has 1 heterocycles. The fourth-order valence-electron chi connectivity index (χ4n) is 1.74. The van der Waals surface area contributed by atoms with Crippen LogP contribution in [-0.2, 0) is 14.3 Å². The predicted octanol–water partition coefficient (Wildman–Crippen LogP) is 0.235. The molecule has 0 amide bonds. The number of nitrogens with one attached hydrogen (secondary N) is 1. The van der Waals surface area contributed by atoms with Crippen LogP contribution in [0, 0.1) is 0 Å². The molecule has 2 atom stereocenters. The van der Waals surface area contributed by atoms with Crippen LogP contribution in [0.1, 0.15) is 20.3 Å². The second kappa shape index (κ2) is 6.14. The summed E-state index contributed by atoms with van der Waals surface area (Å²) in [4.78, 5) is 11.3. The summed E-state index contributed by atoms with van der Waals surface area (Å²) in [6, 6.07) is 0. The van der Waals surface area contributed by atoms with Gasteiger partial charge in [0.1, 0.15) is 5.60 Å². The Morgan fingerprint density at radius 3 is 2.94 bits per heavy atom. The first-order valence-electron chi connectivity index (χ1n) is 5.89. The van der Waals surface area contributed by atoms with Crippen molar-refractivity contribution in [2.45, 2.75) is 32.0 Å². The summed E-state index contributed by atoms with van der Waals surface area (Å²) in [5.74, 6) is -0.400. The van der Waals surface area contributed by atoms with Gasteiger partial charge in [-0.2, -0.15) is 0 Å². The summed E-state index contributed by atoms with van der Waals surface area (Å²) in [6.07, 6.45) is 0.415. The number of carbonyl (C=O) groups excluding carboxylic acids is 1. The van der Waals surface area contributed by atoms with Gasteiger partial charge in [-0.25, -0.2) is 4.79 Å². The van der Waals surface area contributed by atoms with Crippen molar-refractivity contribution in [1.29, 1.82) is 0 Å². The topological polar surface area (TPSA) is 67.8 Å². The van der Waals surface area contributed by atoms with E-state index in [1.54, 1.807) is 6.92 Å². The number of rotatable bonds is 6. The highest BCUT2D eigenvalue weighted by Gasteiger charge is 2.39. The van der Waals surface area contributed by atoms with Crippen LogP contribution in [0.3, 0.4) is 0 Å². The normalized spacial score (nSPS) is 28.1. The summed E-state index contributed by atoms with van der Waals surface area (Å²) >= 11 is 0. The molecule has 0 aliphatic carbocycles. The van der Waals surface area contributed by atoms with Gasteiger partial charge in [0.2, 0.25) is 0 Å². The molecule has 98 valence electrons. The Labute approximate surface area is 102 Å². The largest absolute Gasteiger partial charge is 0.463 e. The number of ether oxygens (including phenoxy) is 2. The fourth-order valence-corrected chi connectivity index (χ4v) is 1.74. The molecule has 5 nitrogen and oxygen atoms in total. The third-order valence-corrected chi connectivity index (χ3v) is 2.99. The van der Waals surface area contributed by atoms with Gasteiger partial charge in [-0.05, 0) is 13.8 Å². The predicted molar refractivity (Wildman–Crippen MR) is 63.6 cm³/mol. The Balaban J connectivity index is 2.28. The van der Waals surface area contributed by atoms with E-state index in [0.29, 0.717) is 38.3 Å². The van der Waals surface area contributed by atoms with Crippen LogP contribution >= 0.6 is 0 Å². The van der Waals surface area contributed by atoms with E-state index >= 15 is 0 Å². The van der Waals surface area contributed by atoms with Gasteiger partial charge in [-0.3, -0.25) is 0 Å². The van der Waals surface area contributed by atoms with E-state index in [1.807, 2.05) is 6.92 Å². The number of aliphatic hydroxyl groups is 1. The Kier molecular flexibility index (Phi) is 5.11. The van der Waals surface area contributed by atoms with Crippen LogP contribution in [0.25, 0.3) is 0 Å². The smallest absolute Gasteiger partial charge is 0.334 e. The lowest BCUT2D eigenvalue weighted by molar-refractivity contribution is -0.138. The molecule has 0 aromatic rings. The molecule has 1 saturated heterocycles. The lowest BCUT2D eigenvalue weighted by atomic mass is 9.97. The number of hydrogen-bond acceptors (Lipinski definition) is 5. The first kappa shape index (κ1) is 14.2. The molecule has 17 heavy (non-hydrogen) atoms. The number of hydrogen-bond donors (Lipinski definition) is 2. The lowest BCUT2D eigenvalue weighted by Crippen LogP contribution is -2.46. The van der Waals surface area contributed by atoms with E-state index in [1.165, 1.54) is 0 Å². The van der Waals surface area contributed by atoms with Crippen molar-refractivity contribution >= 4 is 5.97 Å². The van der Waals surface area contributed by atoms with Gasteiger partial charge in [0.15, 0.2) is 0 Å². The van der Waals surface area contributed by atoms with Crippen LogP contribution in [0.4, 0.5) is 0 Å². The minimum atomic E-state index is -0.852. The zero-order chi connectivity index (χ0) is 12.9. The van der Waals surface area contributed by atoms with Crippen molar-refractivity contribution in [3.63, 3.8) is 0 Å². The van der Waals surface area contributed by atoms with Crippen LogP contribution in [-0.4, -0.2) is 49.1 Å². The maximum Gasteiger partial charge on any atom is 0.334 e. The van der Waals surface area contributed by atoms with Gasteiger partial charge >= 0.3 is 5.97 Å². The molecule has 1 rings (SSSR count). The van der Waals surface area contributed by atoms with Crippen molar-refractivity contribution in [2.24, 2.45) is 0 Å². The van der Waals surface area contributed by atoms with E-state index in [4.69, 9.17) is 9.47 Å². The van der Waals surface area contributed by atoms with E-state index in [-0.39, 0.29) is 6.10 Å². The van der Waals surface area contributed by atoms with E-state index in [9.17, 15) is 9.90 Å². The molecule has 0 aromatic carbocycles. The van der Waals surface area contributed by atoms with Crippen LogP contribution in [0.5, 0.6) is 0 Å². The van der Waals surface area contributed by atoms with E-state index in [2.05, 4.69) is 11.9 Å². The van der Waals surface area contributed by atoms with Gasteiger partial charge in [0, 0.05) is 31.7 Å². The molecule has 2 N–H and O–H groups in total. The molecule has 1 aliphatic heterocycles. The second-order valence-electron chi connectivity index (χ2n) is 4.29. The molecule has 1 aliphatic rings. The highest BCUT2D eigenvalue weighted by molar-refractivity contribution is 5.88. The molecule has 0 saturated carbocycles. The summed E-state index contributed by atoms with van der Waals surface area (Å²) in [6.45, 7) is 8.82. The molecule has 0 radical (unpaired) electrons. The van der Waals surface area contributed by atoms with Crippen LogP contribution in [0.15, 0.2) is 12.2 Å². The van der Waals surface area contributed by atoms with Crippen molar-refractivity contribution in [1.82, 2.24) is 5.32 Å². The number of esters is 1. The Morgan fingerprint density at radius 1 is 1.71 bits per heavy atom. The minimum Gasteiger partial charge on any atom is -0.463 e. The van der Waals surface area contributed by atoms with E-state index in [0.717, 1.165) is 0 Å². The second-order valence-corrected chi connectivity index (χ2v) is 4.29. The third kappa shape index (κ3) is 3.80. The maximum absolute atomic E-state index is 11.3. The standard InChI is InChI=1S/C12H21NO4/c1-4-16-11(14)9(2)7-13-8-12(15)5-6-17-10(12)3/h10,13,15H,2,4-8H2,1,3H3. The van der Waals surface area contributed by atoms with E-state index < -0.39 is 11.6 Å². The van der Waals surface area contributed by atoms with Gasteiger partial charge in [0.25, 0.3) is 0 Å². The summed E-state index contributed by atoms with van der Waals surface area (Å²) < 4.78 is 10.1. The fraction of sp³-hybridized carbons (Fsp3) is 0.750. The van der Waals surface area contributed by atoms with Gasteiger partial charge in [0.05, 0.1) is 12.7 Å². The first-order chi connectivity index (χ1) is 7.99. The molecule has 1 fully saturated rings. The average molecular weight is 243 g/mol. The monoisotopic (exact) mass is 243 g/mol. The Hall–Kier alpha value is -0.910. The van der Waals surface area contributed by atoms with Gasteiger partial charge in [-0.15, -0.1) is 0 Å². The molecule has 0 spiro atoms. The molecular formula is C12H21NO4. The van der Waals surface area contributed by atoms with Crippen molar-refractivity contribution in [3.8, 4) is 0 Å². The summed E-state index contributed by atoms with van der Waals surface area (Å²) in [5, 5.41) is 13.2. The average Bonchev–Trinajstić information content (AvgIpc) is 2.59. The van der Waals surface area contributed by atoms with Gasteiger partial charge < -0.3 is 19.9 Å². The highest BCUT2D eigenvalue weighted by atomic mass is 16.5. The quantitative estimate of drug-likeness (QED) is 0.516. The molecule has 0 aromatic heterocycles. The van der Waals surface area contributed by atoms with Crippen molar-refractivity contribution in [3.05, 3.63) is 12.2 Å². The lowest BCUT2D eigenvalue weighted by Gasteiger charge is -2.26. The maximum atomic E-state index is 11.3. The van der Waals surface area contributed by atoms with Crippen molar-refractivity contribution in [2.75, 3.05) is 26.3 Å². The van der Waals surface area contributed by atoms with Gasteiger partial charge in [-0.1, -0.05) is 6.58 Å². The summed E-state index contributed by atoms with van der Waals surface area (Å²) in [5.41, 5.74) is -0.489. The molecule has 2 unspecified atom stereocenters. The third-order valence-electron chi connectivity index (χ3n) is 2.99. The van der Waals surface area contributed by atoms with Crippen molar-refractivity contribution < 1.29 is 19.4 Å². The highest BCUT2D eigenvalue weighted by Crippen LogP contribution is 2.24. The first-order valence-corrected chi connectivity index (χ1v) is 5.89. The van der Waals surface area contributed by atoms with Crippen LogP contribution in [0.2, 0.25) is 0 Å². The van der Waals surface area contributed by atoms with Crippen LogP contribution < -0.4 is 5.32 Å². The zero-order valence-corrected chi connectivity index (χ0v) is 10.5. The zero-order valence-electron chi connectivity index (χ0n) is 10.5. The Bertz CT molecular complexity index is 292. The SMILES string of the molecule is C=C(CNCC1(O)CCOC1C)C(=O)OCC. The summed E-state index contributed by atoms with van der Waals surface area (Å²) in [7, 11) is 0. The Morgan fingerprint density at radius 2 is 2.41 bits per heavy atom. The molecule has 5 heteroatoms. The molecular weight excluding hydrogens is 222 g/mol.